The summed E-state index contributed by atoms with van der Waals surface area (Å²) in [5.74, 6) is -4.28. The average Bonchev–Trinajstić information content (AvgIpc) is 3.00. The number of likely N-dealkylation sites (N-methyl/N-ethyl adjacent to an activating group) is 1. The van der Waals surface area contributed by atoms with Crippen LogP contribution in [0.3, 0.4) is 0 Å². The maximum absolute atomic E-state index is 14.0. The van der Waals surface area contributed by atoms with Crippen molar-refractivity contribution in [2.24, 2.45) is 0 Å². The van der Waals surface area contributed by atoms with Gasteiger partial charge < -0.3 is 25.7 Å². The van der Waals surface area contributed by atoms with Gasteiger partial charge in [0.1, 0.15) is 17.5 Å². The molecule has 2 aromatic carbocycles. The number of amides is 3. The van der Waals surface area contributed by atoms with Crippen LogP contribution < -0.4 is 10.6 Å². The molecule has 1 aliphatic heterocycles. The van der Waals surface area contributed by atoms with Gasteiger partial charge in [0.15, 0.2) is 0 Å². The Balaban J connectivity index is 0.00000103. The second-order valence-corrected chi connectivity index (χ2v) is 12.6. The third-order valence-corrected chi connectivity index (χ3v) is 8.18. The highest BCUT2D eigenvalue weighted by atomic mass is 35.5. The average molecular weight is 724 g/mol. The first-order chi connectivity index (χ1) is 22.3. The van der Waals surface area contributed by atoms with Crippen molar-refractivity contribution in [3.8, 4) is 0 Å². The van der Waals surface area contributed by atoms with E-state index in [9.17, 15) is 37.1 Å². The number of alkyl halides is 3. The molecule has 2 aromatic rings. The molecule has 16 heteroatoms. The first-order valence-corrected chi connectivity index (χ1v) is 15.8. The summed E-state index contributed by atoms with van der Waals surface area (Å²) in [5.41, 5.74) is -0.220. The number of halogens is 6. The van der Waals surface area contributed by atoms with Crippen molar-refractivity contribution in [1.29, 1.82) is 0 Å². The number of carbonyl (C=O) groups excluding carboxylic acids is 3. The lowest BCUT2D eigenvalue weighted by Gasteiger charge is -2.45. The summed E-state index contributed by atoms with van der Waals surface area (Å²) in [6, 6.07) is 9.26. The normalized spacial score (nSPS) is 16.6. The van der Waals surface area contributed by atoms with Crippen molar-refractivity contribution in [3.05, 3.63) is 69.5 Å². The Morgan fingerprint density at radius 2 is 1.62 bits per heavy atom. The fourth-order valence-corrected chi connectivity index (χ4v) is 5.56. The maximum Gasteiger partial charge on any atom is 0.490 e. The molecule has 0 spiro atoms. The van der Waals surface area contributed by atoms with Crippen LogP contribution in [0.1, 0.15) is 44.7 Å². The monoisotopic (exact) mass is 722 g/mol. The van der Waals surface area contributed by atoms with E-state index in [1.165, 1.54) is 26.0 Å². The molecule has 0 aliphatic carbocycles. The van der Waals surface area contributed by atoms with E-state index < -0.39 is 41.6 Å². The molecule has 3 unspecified atom stereocenters. The molecule has 1 heterocycles. The molecule has 0 bridgehead atoms. The number of carbonyl (C=O) groups is 4. The Bertz CT molecular complexity index is 1420. The van der Waals surface area contributed by atoms with Crippen LogP contribution in [0.4, 0.5) is 17.6 Å². The van der Waals surface area contributed by atoms with E-state index in [0.717, 1.165) is 12.0 Å². The lowest BCUT2D eigenvalue weighted by atomic mass is 9.97. The van der Waals surface area contributed by atoms with Crippen molar-refractivity contribution in [2.75, 3.05) is 26.7 Å². The van der Waals surface area contributed by atoms with Crippen LogP contribution in [0.2, 0.25) is 10.0 Å². The molecule has 3 atom stereocenters. The molecule has 3 amide bonds. The van der Waals surface area contributed by atoms with Crippen LogP contribution in [-0.2, 0) is 32.0 Å². The Morgan fingerprint density at radius 3 is 2.12 bits per heavy atom. The minimum atomic E-state index is -5.08. The van der Waals surface area contributed by atoms with Crippen molar-refractivity contribution in [1.82, 2.24) is 20.4 Å². The van der Waals surface area contributed by atoms with Gasteiger partial charge in [0, 0.05) is 49.2 Å². The molecule has 48 heavy (non-hydrogen) atoms. The van der Waals surface area contributed by atoms with Crippen molar-refractivity contribution < 1.29 is 47.0 Å². The van der Waals surface area contributed by atoms with Crippen molar-refractivity contribution in [3.63, 3.8) is 0 Å². The Morgan fingerprint density at radius 1 is 1.02 bits per heavy atom. The number of hydrogen-bond acceptors (Lipinski definition) is 6. The summed E-state index contributed by atoms with van der Waals surface area (Å²) >= 11 is 12.5. The third-order valence-electron chi connectivity index (χ3n) is 7.59. The minimum absolute atomic E-state index is 0.135. The first kappa shape index (κ1) is 40.7. The van der Waals surface area contributed by atoms with E-state index in [1.807, 2.05) is 13.0 Å². The summed E-state index contributed by atoms with van der Waals surface area (Å²) in [5, 5.41) is 23.8. The van der Waals surface area contributed by atoms with E-state index >= 15 is 0 Å². The topological polar surface area (TPSA) is 139 Å². The van der Waals surface area contributed by atoms with Crippen LogP contribution in [0.5, 0.6) is 0 Å². The van der Waals surface area contributed by atoms with Gasteiger partial charge in [0.25, 0.3) is 5.91 Å². The molecule has 0 radical (unpaired) electrons. The Kier molecular flexibility index (Phi) is 15.1. The second kappa shape index (κ2) is 17.8. The molecular weight excluding hydrogens is 683 g/mol. The summed E-state index contributed by atoms with van der Waals surface area (Å²) in [6.07, 6.45) is -3.09. The van der Waals surface area contributed by atoms with E-state index in [4.69, 9.17) is 33.1 Å². The van der Waals surface area contributed by atoms with E-state index in [-0.39, 0.29) is 24.3 Å². The zero-order valence-electron chi connectivity index (χ0n) is 26.9. The summed E-state index contributed by atoms with van der Waals surface area (Å²) in [4.78, 5) is 52.4. The van der Waals surface area contributed by atoms with Crippen LogP contribution in [0, 0.1) is 5.82 Å². The lowest BCUT2D eigenvalue weighted by molar-refractivity contribution is -0.192. The molecule has 4 N–H and O–H groups in total. The van der Waals surface area contributed by atoms with Gasteiger partial charge in [-0.25, -0.2) is 9.18 Å². The predicted molar refractivity (Wildman–Crippen MR) is 172 cm³/mol. The number of benzene rings is 2. The second-order valence-electron chi connectivity index (χ2n) is 11.8. The van der Waals surface area contributed by atoms with E-state index in [1.54, 1.807) is 36.2 Å². The molecule has 266 valence electrons. The van der Waals surface area contributed by atoms with E-state index in [0.29, 0.717) is 48.1 Å². The number of carboxylic acids is 1. The molecular formula is C32H40Cl2F4N4O6. The van der Waals surface area contributed by atoms with Gasteiger partial charge in [-0.15, -0.1) is 0 Å². The lowest BCUT2D eigenvalue weighted by Crippen LogP contribution is -2.63. The molecule has 1 aliphatic rings. The van der Waals surface area contributed by atoms with Gasteiger partial charge in [0.05, 0.1) is 6.04 Å². The van der Waals surface area contributed by atoms with Gasteiger partial charge in [-0.2, -0.15) is 13.2 Å². The number of hydrogen-bond donors (Lipinski definition) is 4. The summed E-state index contributed by atoms with van der Waals surface area (Å²) in [7, 11) is 1.59. The standard InChI is InChI=1S/C30H39Cl2FN4O4.C2HF3O2/c1-5-6-23-18-36(26(27(38)34-4)16-20-9-10-21(31)17-24(20)32)13-14-37(23)28(39)25(35-29(40)30(2,3)41)15-19-7-11-22(33)12-8-19;3-2(4,5)1(6)7/h7-12,17,23,25-26,41H,5-6,13-16,18H2,1-4H3,(H,34,38)(H,35,40);(H,6,7). The number of aliphatic hydroxyl groups is 1. The summed E-state index contributed by atoms with van der Waals surface area (Å²) in [6.45, 7) is 5.95. The molecule has 0 aromatic heterocycles. The Hall–Kier alpha value is -3.46. The SMILES string of the molecule is CCCC1CN(C(Cc2ccc(Cl)cc2Cl)C(=O)NC)CCN1C(=O)C(Cc1ccc(F)cc1)NC(=O)C(C)(C)O.O=C(O)C(F)(F)F. The zero-order valence-corrected chi connectivity index (χ0v) is 28.4. The predicted octanol–water partition coefficient (Wildman–Crippen LogP) is 4.23. The summed E-state index contributed by atoms with van der Waals surface area (Å²) < 4.78 is 45.2. The maximum atomic E-state index is 14.0. The smallest absolute Gasteiger partial charge is 0.475 e. The minimum Gasteiger partial charge on any atom is -0.475 e. The Labute approximate surface area is 286 Å². The molecule has 1 fully saturated rings. The van der Waals surface area contributed by atoms with Crippen LogP contribution >= 0.6 is 23.2 Å². The number of nitrogens with one attached hydrogen (secondary N) is 2. The molecule has 10 nitrogen and oxygen atoms in total. The van der Waals surface area contributed by atoms with Crippen LogP contribution in [0.25, 0.3) is 0 Å². The fourth-order valence-electron chi connectivity index (χ4n) is 5.07. The molecule has 0 saturated carbocycles. The number of rotatable bonds is 11. The highest BCUT2D eigenvalue weighted by molar-refractivity contribution is 6.35. The van der Waals surface area contributed by atoms with E-state index in [2.05, 4.69) is 15.5 Å². The van der Waals surface area contributed by atoms with Crippen LogP contribution in [-0.4, -0.2) is 100 Å². The van der Waals surface area contributed by atoms with Gasteiger partial charge in [0.2, 0.25) is 11.8 Å². The highest BCUT2D eigenvalue weighted by Gasteiger charge is 2.40. The quantitative estimate of drug-likeness (QED) is 0.255. The van der Waals surface area contributed by atoms with Crippen molar-refractivity contribution in [2.45, 2.75) is 76.4 Å². The highest BCUT2D eigenvalue weighted by Crippen LogP contribution is 2.26. The number of carboxylic acid groups (broad SMARTS) is 1. The number of nitrogens with zero attached hydrogens (tertiary/aromatic N) is 2. The number of aliphatic carboxylic acids is 1. The van der Waals surface area contributed by atoms with Gasteiger partial charge in [-0.05, 0) is 62.1 Å². The molecule has 1 saturated heterocycles. The third kappa shape index (κ3) is 12.2. The zero-order chi connectivity index (χ0) is 36.4. The van der Waals surface area contributed by atoms with Gasteiger partial charge in [-0.1, -0.05) is 54.7 Å². The van der Waals surface area contributed by atoms with Crippen LogP contribution in [0.15, 0.2) is 42.5 Å². The van der Waals surface area contributed by atoms with Gasteiger partial charge >= 0.3 is 12.1 Å². The molecule has 3 rings (SSSR count). The largest absolute Gasteiger partial charge is 0.490 e. The van der Waals surface area contributed by atoms with Crippen molar-refractivity contribution >= 4 is 46.9 Å². The van der Waals surface area contributed by atoms with Gasteiger partial charge in [-0.3, -0.25) is 19.3 Å². The number of piperazine rings is 1. The first-order valence-electron chi connectivity index (χ1n) is 15.1. The fraction of sp³-hybridized carbons (Fsp3) is 0.500.